The number of benzene rings is 1. The van der Waals surface area contributed by atoms with E-state index in [1.807, 2.05) is 47.7 Å². The van der Waals surface area contributed by atoms with Crippen LogP contribution in [0.2, 0.25) is 0 Å². The van der Waals surface area contributed by atoms with Gasteiger partial charge in [-0.25, -0.2) is 14.2 Å². The van der Waals surface area contributed by atoms with Crippen LogP contribution >= 0.6 is 24.0 Å². The van der Waals surface area contributed by atoms with E-state index in [0.717, 1.165) is 53.5 Å². The lowest BCUT2D eigenvalue weighted by atomic mass is 9.96. The summed E-state index contributed by atoms with van der Waals surface area (Å²) in [6.07, 6.45) is 10.1. The summed E-state index contributed by atoms with van der Waals surface area (Å²) in [5.41, 5.74) is 4.06. The monoisotopic (exact) mass is 777 g/mol. The van der Waals surface area contributed by atoms with Crippen LogP contribution in [0.25, 0.3) is 22.0 Å². The van der Waals surface area contributed by atoms with Gasteiger partial charge in [-0.05, 0) is 66.5 Å². The number of halogens is 3. The van der Waals surface area contributed by atoms with Crippen molar-refractivity contribution in [1.29, 1.82) is 0 Å². The first-order valence-electron chi connectivity index (χ1n) is 17.1. The van der Waals surface area contributed by atoms with Gasteiger partial charge < -0.3 is 15.4 Å². The second-order valence-electron chi connectivity index (χ2n) is 11.3. The zero-order valence-electron chi connectivity index (χ0n) is 29.9. The van der Waals surface area contributed by atoms with Crippen molar-refractivity contribution in [2.24, 2.45) is 13.0 Å². The Bertz CT molecular complexity index is 1340. The van der Waals surface area contributed by atoms with E-state index in [0.29, 0.717) is 24.2 Å². The maximum Gasteiger partial charge on any atom is 0.407 e. The van der Waals surface area contributed by atoms with Gasteiger partial charge in [0.25, 0.3) is 0 Å². The number of pyridine rings is 1. The molecule has 0 saturated heterocycles. The zero-order chi connectivity index (χ0) is 34.6. The largest absolute Gasteiger partial charge is 0.449 e. The highest BCUT2D eigenvalue weighted by molar-refractivity contribution is 14.0. The lowest BCUT2D eigenvalue weighted by molar-refractivity contribution is -0.105. The van der Waals surface area contributed by atoms with E-state index < -0.39 is 6.67 Å². The van der Waals surface area contributed by atoms with Gasteiger partial charge in [0.05, 0.1) is 13.3 Å². The van der Waals surface area contributed by atoms with Gasteiger partial charge in [-0.1, -0.05) is 81.1 Å². The number of fused-ring (bicyclic) bond motifs is 1. The quantitative estimate of drug-likeness (QED) is 0.149. The molecule has 1 unspecified atom stereocenters. The number of amides is 2. The molecular formula is C36H62F2IN5O3. The van der Waals surface area contributed by atoms with Crippen LogP contribution < -0.4 is 10.6 Å². The number of rotatable bonds is 11. The van der Waals surface area contributed by atoms with Crippen molar-refractivity contribution in [3.05, 3.63) is 41.5 Å². The highest BCUT2D eigenvalue weighted by Crippen LogP contribution is 2.34. The fourth-order valence-corrected chi connectivity index (χ4v) is 5.39. The minimum Gasteiger partial charge on any atom is -0.449 e. The normalized spacial score (nSPS) is 13.0. The molecule has 1 fully saturated rings. The Morgan fingerprint density at radius 1 is 1.13 bits per heavy atom. The molecule has 0 aliphatic heterocycles. The van der Waals surface area contributed by atoms with Gasteiger partial charge >= 0.3 is 6.09 Å². The van der Waals surface area contributed by atoms with E-state index in [-0.39, 0.29) is 63.2 Å². The summed E-state index contributed by atoms with van der Waals surface area (Å²) >= 11 is 0. The van der Waals surface area contributed by atoms with Crippen LogP contribution in [0.5, 0.6) is 0 Å². The minimum atomic E-state index is -0.423. The Morgan fingerprint density at radius 3 is 2.34 bits per heavy atom. The van der Waals surface area contributed by atoms with Crippen LogP contribution in [-0.4, -0.2) is 46.6 Å². The molecule has 8 nitrogen and oxygen atoms in total. The molecule has 2 heterocycles. The third-order valence-corrected chi connectivity index (χ3v) is 7.68. The van der Waals surface area contributed by atoms with Crippen LogP contribution in [0.3, 0.4) is 0 Å². The maximum atomic E-state index is 14.8. The Morgan fingerprint density at radius 2 is 1.79 bits per heavy atom. The molecule has 0 radical (unpaired) electrons. The number of hydrogen-bond acceptors (Lipinski definition) is 5. The number of nitrogens with zero attached hydrogens (tertiary/aromatic N) is 3. The van der Waals surface area contributed by atoms with Crippen LogP contribution in [0.15, 0.2) is 24.4 Å². The molecule has 1 atom stereocenters. The smallest absolute Gasteiger partial charge is 0.407 e. The number of alkyl halides is 1. The van der Waals surface area contributed by atoms with Gasteiger partial charge in [0.15, 0.2) is 5.82 Å². The lowest BCUT2D eigenvalue weighted by Gasteiger charge is -2.22. The van der Waals surface area contributed by atoms with Gasteiger partial charge in [-0.3, -0.25) is 13.9 Å². The average Bonchev–Trinajstić information content (AvgIpc) is 3.42. The van der Waals surface area contributed by atoms with Crippen LogP contribution in [-0.2, 0) is 23.0 Å². The first kappa shape index (κ1) is 44.2. The molecule has 1 aromatic carbocycles. The SMILES string of the molecule is CC.CC.CCC(CF)COC(=O)NC1CCCCC1.CCCc1cnc(NC=O)cc1-c1cc(F)c2nn(C)c(C(C)C)c2c1.I.[HH].[HH]. The second-order valence-corrected chi connectivity index (χ2v) is 11.3. The van der Waals surface area contributed by atoms with Gasteiger partial charge in [0.1, 0.15) is 11.3 Å². The number of aromatic nitrogens is 3. The number of ether oxygens (including phenoxy) is 1. The second kappa shape index (κ2) is 24.3. The molecule has 2 aromatic heterocycles. The number of aryl methyl sites for hydroxylation is 2. The summed E-state index contributed by atoms with van der Waals surface area (Å²) < 4.78 is 33.9. The minimum absolute atomic E-state index is 0. The van der Waals surface area contributed by atoms with Crippen molar-refractivity contribution in [1.82, 2.24) is 20.1 Å². The van der Waals surface area contributed by atoms with Crippen molar-refractivity contribution in [3.63, 3.8) is 0 Å². The number of alkyl carbamates (subject to hydrolysis) is 1. The van der Waals surface area contributed by atoms with Gasteiger partial charge in [-0.15, -0.1) is 24.0 Å². The first-order valence-corrected chi connectivity index (χ1v) is 17.1. The molecule has 47 heavy (non-hydrogen) atoms. The van der Waals surface area contributed by atoms with E-state index in [1.165, 1.54) is 25.3 Å². The van der Waals surface area contributed by atoms with Crippen molar-refractivity contribution in [2.75, 3.05) is 18.6 Å². The topological polar surface area (TPSA) is 98.1 Å². The molecule has 270 valence electrons. The van der Waals surface area contributed by atoms with Gasteiger partial charge in [0, 0.05) is 39.1 Å². The molecule has 2 amide bonds. The summed E-state index contributed by atoms with van der Waals surface area (Å²) in [7, 11) is 1.84. The number of carbonyl (C=O) groups is 2. The van der Waals surface area contributed by atoms with E-state index in [4.69, 9.17) is 4.74 Å². The third kappa shape index (κ3) is 13.7. The average molecular weight is 778 g/mol. The molecule has 3 aromatic rings. The number of nitrogens with one attached hydrogen (secondary N) is 2. The molecular weight excluding hydrogens is 715 g/mol. The van der Waals surface area contributed by atoms with Crippen LogP contribution in [0.4, 0.5) is 19.4 Å². The summed E-state index contributed by atoms with van der Waals surface area (Å²) in [5, 5.41) is 10.6. The van der Waals surface area contributed by atoms with Crippen molar-refractivity contribution >= 4 is 53.2 Å². The standard InChI is InChI=1S/C20H23FN4O.C12H22FNO2.2C2H6.HI.2H2/c1-5-6-13-10-22-18(23-11-26)9-15(13)14-7-16-19(17(21)8-14)24-25(4)20(16)12(2)3;1-2-10(8-13)9-16-12(15)14-11-6-4-3-5-7-11;2*1-2;;;/h7-12H,5-6H2,1-4H3,(H,22,23,26);10-11H,2-9H2,1H3,(H,14,15);2*1-2H3;3*1H. The Hall–Kier alpha value is -2.83. The number of carbonyl (C=O) groups excluding carboxylic acids is 2. The third-order valence-electron chi connectivity index (χ3n) is 7.68. The highest BCUT2D eigenvalue weighted by atomic mass is 127. The Kier molecular flexibility index (Phi) is 22.9. The fraction of sp³-hybridized carbons (Fsp3) is 0.611. The molecule has 0 spiro atoms. The number of anilines is 1. The summed E-state index contributed by atoms with van der Waals surface area (Å²) in [4.78, 5) is 26.4. The zero-order valence-corrected chi connectivity index (χ0v) is 32.3. The molecule has 11 heteroatoms. The molecule has 0 bridgehead atoms. The molecule has 2 N–H and O–H groups in total. The molecule has 1 aliphatic rings. The Labute approximate surface area is 301 Å². The van der Waals surface area contributed by atoms with Crippen molar-refractivity contribution in [2.45, 2.75) is 119 Å². The highest BCUT2D eigenvalue weighted by Gasteiger charge is 2.19. The van der Waals surface area contributed by atoms with Crippen molar-refractivity contribution in [3.8, 4) is 11.1 Å². The summed E-state index contributed by atoms with van der Waals surface area (Å²) in [6, 6.07) is 5.55. The van der Waals surface area contributed by atoms with Crippen molar-refractivity contribution < 1.29 is 26.0 Å². The van der Waals surface area contributed by atoms with Crippen LogP contribution in [0, 0.1) is 11.7 Å². The fourth-order valence-electron chi connectivity index (χ4n) is 5.39. The molecule has 4 rings (SSSR count). The summed E-state index contributed by atoms with van der Waals surface area (Å²) in [5.74, 6) is 0.173. The van der Waals surface area contributed by atoms with E-state index in [1.54, 1.807) is 16.9 Å². The van der Waals surface area contributed by atoms with E-state index >= 15 is 0 Å². The lowest BCUT2D eigenvalue weighted by Crippen LogP contribution is -2.37. The van der Waals surface area contributed by atoms with Gasteiger partial charge in [-0.2, -0.15) is 5.10 Å². The van der Waals surface area contributed by atoms with Crippen LogP contribution in [0.1, 0.15) is 120 Å². The Balaban J connectivity index is -0.000000803. The maximum absolute atomic E-state index is 14.8. The van der Waals surface area contributed by atoms with E-state index in [9.17, 15) is 18.4 Å². The predicted octanol–water partition coefficient (Wildman–Crippen LogP) is 10.6. The van der Waals surface area contributed by atoms with E-state index in [2.05, 4.69) is 41.5 Å². The summed E-state index contributed by atoms with van der Waals surface area (Å²) in [6.45, 7) is 15.9. The molecule has 1 saturated carbocycles. The van der Waals surface area contributed by atoms with Gasteiger partial charge in [0.2, 0.25) is 6.41 Å². The molecule has 1 aliphatic carbocycles. The first-order chi connectivity index (χ1) is 22.2. The predicted molar refractivity (Wildman–Crippen MR) is 205 cm³/mol. The number of hydrogen-bond donors (Lipinski definition) is 2.